The molecule has 2 aromatic rings. The Bertz CT molecular complexity index is 1020. The fraction of sp³-hybridized carbons (Fsp3) is 0.333. The fourth-order valence-corrected chi connectivity index (χ4v) is 3.81. The molecule has 1 aromatic carbocycles. The highest BCUT2D eigenvalue weighted by molar-refractivity contribution is 5.95. The number of amidine groups is 1. The molecular formula is C21H19FN4O2. The molecule has 4 rings (SSSR count). The second-order valence-electron chi connectivity index (χ2n) is 7.55. The number of carbonyl (C=O) groups excluding carboxylic acids is 1. The Morgan fingerprint density at radius 2 is 2.14 bits per heavy atom. The molecule has 1 aromatic heterocycles. The van der Waals surface area contributed by atoms with Gasteiger partial charge in [-0.3, -0.25) is 9.78 Å². The Labute approximate surface area is 161 Å². The number of aliphatic imine (C=N–C) groups is 1. The molecule has 28 heavy (non-hydrogen) atoms. The molecule has 0 unspecified atom stereocenters. The summed E-state index contributed by atoms with van der Waals surface area (Å²) in [5.41, 5.74) is 6.45. The average molecular weight is 378 g/mol. The third-order valence-electron chi connectivity index (χ3n) is 5.81. The van der Waals surface area contributed by atoms with Crippen LogP contribution in [0.5, 0.6) is 0 Å². The molecule has 1 aliphatic heterocycles. The Hall–Kier alpha value is -3.27. The molecule has 6 nitrogen and oxygen atoms in total. The van der Waals surface area contributed by atoms with E-state index in [0.29, 0.717) is 23.3 Å². The summed E-state index contributed by atoms with van der Waals surface area (Å²) in [5.74, 6) is -0.580. The number of aromatic nitrogens is 1. The fourth-order valence-electron chi connectivity index (χ4n) is 3.81. The third-order valence-corrected chi connectivity index (χ3v) is 5.81. The highest BCUT2D eigenvalue weighted by Crippen LogP contribution is 2.62. The van der Waals surface area contributed by atoms with Crippen LogP contribution in [0.4, 0.5) is 4.39 Å². The summed E-state index contributed by atoms with van der Waals surface area (Å²) in [5, 5.41) is 8.83. The maximum absolute atomic E-state index is 14.8. The van der Waals surface area contributed by atoms with Crippen LogP contribution in [0, 0.1) is 22.6 Å². The van der Waals surface area contributed by atoms with Gasteiger partial charge < -0.3 is 10.5 Å². The summed E-state index contributed by atoms with van der Waals surface area (Å²) in [6.45, 7) is 2.29. The SMILES string of the molecule is C[C@]1(c2cc(CC(=O)c3ccc(C#N)cn3)ccc2F)N=C(N)OCC12CC2. The predicted octanol–water partition coefficient (Wildman–Crippen LogP) is 2.86. The van der Waals surface area contributed by atoms with Crippen LogP contribution in [-0.2, 0) is 16.7 Å². The molecular weight excluding hydrogens is 359 g/mol. The molecule has 1 aliphatic carbocycles. The number of halogens is 1. The molecule has 2 N–H and O–H groups in total. The quantitative estimate of drug-likeness (QED) is 0.825. The van der Waals surface area contributed by atoms with Crippen LogP contribution in [-0.4, -0.2) is 23.4 Å². The summed E-state index contributed by atoms with van der Waals surface area (Å²) >= 11 is 0. The number of hydrogen-bond acceptors (Lipinski definition) is 6. The summed E-state index contributed by atoms with van der Waals surface area (Å²) in [6.07, 6.45) is 3.21. The maximum atomic E-state index is 14.8. The third kappa shape index (κ3) is 2.91. The van der Waals surface area contributed by atoms with E-state index in [2.05, 4.69) is 9.98 Å². The first-order valence-electron chi connectivity index (χ1n) is 9.03. The van der Waals surface area contributed by atoms with Crippen molar-refractivity contribution in [3.05, 3.63) is 64.7 Å². The largest absolute Gasteiger partial charge is 0.465 e. The van der Waals surface area contributed by atoms with Gasteiger partial charge in [0.05, 0.1) is 17.7 Å². The lowest BCUT2D eigenvalue weighted by molar-refractivity contribution is 0.0987. The minimum Gasteiger partial charge on any atom is -0.465 e. The highest BCUT2D eigenvalue weighted by atomic mass is 19.1. The second-order valence-corrected chi connectivity index (χ2v) is 7.55. The van der Waals surface area contributed by atoms with Crippen molar-refractivity contribution in [1.29, 1.82) is 5.26 Å². The molecule has 7 heteroatoms. The topological polar surface area (TPSA) is 101 Å². The van der Waals surface area contributed by atoms with E-state index in [1.165, 1.54) is 18.3 Å². The number of hydrogen-bond donors (Lipinski definition) is 1. The second kappa shape index (κ2) is 6.41. The number of ketones is 1. The van der Waals surface area contributed by atoms with E-state index >= 15 is 0 Å². The van der Waals surface area contributed by atoms with Gasteiger partial charge in [0.2, 0.25) is 0 Å². The van der Waals surface area contributed by atoms with Crippen LogP contribution in [0.15, 0.2) is 41.5 Å². The zero-order valence-corrected chi connectivity index (χ0v) is 15.4. The van der Waals surface area contributed by atoms with Gasteiger partial charge in [-0.25, -0.2) is 9.38 Å². The predicted molar refractivity (Wildman–Crippen MR) is 100.0 cm³/mol. The summed E-state index contributed by atoms with van der Waals surface area (Å²) in [7, 11) is 0. The zero-order valence-electron chi connectivity index (χ0n) is 15.4. The maximum Gasteiger partial charge on any atom is 0.282 e. The standard InChI is InChI=1S/C21H19FN4O2/c1-20(21(6-7-21)12-28-19(24)26-20)15-8-13(2-4-16(15)22)9-18(27)17-5-3-14(10-23)11-25-17/h2-5,8,11H,6-7,9,12H2,1H3,(H2,24,26)/t20-/m1/s1. The van der Waals surface area contributed by atoms with Crippen LogP contribution >= 0.6 is 0 Å². The molecule has 142 valence electrons. The van der Waals surface area contributed by atoms with Crippen LogP contribution in [0.1, 0.15) is 46.9 Å². The molecule has 1 fully saturated rings. The lowest BCUT2D eigenvalue weighted by atomic mass is 9.76. The number of benzene rings is 1. The number of nitrogens with zero attached hydrogens (tertiary/aromatic N) is 3. The number of nitriles is 1. The van der Waals surface area contributed by atoms with E-state index in [0.717, 1.165) is 12.8 Å². The molecule has 0 saturated heterocycles. The number of pyridine rings is 1. The molecule has 1 saturated carbocycles. The first kappa shape index (κ1) is 18.1. The number of carbonyl (C=O) groups is 1. The van der Waals surface area contributed by atoms with Crippen molar-refractivity contribution in [3.63, 3.8) is 0 Å². The van der Waals surface area contributed by atoms with Gasteiger partial charge in [0.1, 0.15) is 17.6 Å². The molecule has 1 spiro atoms. The normalized spacial score (nSPS) is 22.1. The first-order valence-corrected chi connectivity index (χ1v) is 9.03. The van der Waals surface area contributed by atoms with Crippen LogP contribution < -0.4 is 5.73 Å². The van der Waals surface area contributed by atoms with E-state index < -0.39 is 5.54 Å². The Kier molecular flexibility index (Phi) is 4.15. The van der Waals surface area contributed by atoms with E-state index in [9.17, 15) is 9.18 Å². The minimum atomic E-state index is -0.828. The number of ether oxygens (including phenoxy) is 1. The number of nitrogens with two attached hydrogens (primary N) is 1. The minimum absolute atomic E-state index is 0.0580. The molecule has 1 atom stereocenters. The van der Waals surface area contributed by atoms with Crippen LogP contribution in [0.25, 0.3) is 0 Å². The molecule has 0 radical (unpaired) electrons. The van der Waals surface area contributed by atoms with Crippen molar-refractivity contribution in [2.45, 2.75) is 31.7 Å². The lowest BCUT2D eigenvalue weighted by Gasteiger charge is -2.38. The van der Waals surface area contributed by atoms with Crippen molar-refractivity contribution in [2.24, 2.45) is 16.1 Å². The van der Waals surface area contributed by atoms with Gasteiger partial charge in [-0.2, -0.15) is 5.26 Å². The summed E-state index contributed by atoms with van der Waals surface area (Å²) in [4.78, 5) is 21.0. The van der Waals surface area contributed by atoms with E-state index in [-0.39, 0.29) is 35.2 Å². The molecule has 2 aliphatic rings. The summed E-state index contributed by atoms with van der Waals surface area (Å²) < 4.78 is 20.2. The van der Waals surface area contributed by atoms with Crippen LogP contribution in [0.3, 0.4) is 0 Å². The van der Waals surface area contributed by atoms with Crippen molar-refractivity contribution in [1.82, 2.24) is 4.98 Å². The van der Waals surface area contributed by atoms with Crippen LogP contribution in [0.2, 0.25) is 0 Å². The van der Waals surface area contributed by atoms with E-state index in [1.807, 2.05) is 13.0 Å². The smallest absolute Gasteiger partial charge is 0.282 e. The van der Waals surface area contributed by atoms with Crippen molar-refractivity contribution in [3.8, 4) is 6.07 Å². The summed E-state index contributed by atoms with van der Waals surface area (Å²) in [6, 6.07) is 9.75. The Morgan fingerprint density at radius 3 is 2.79 bits per heavy atom. The van der Waals surface area contributed by atoms with Gasteiger partial charge in [-0.15, -0.1) is 0 Å². The molecule has 2 heterocycles. The van der Waals surface area contributed by atoms with Gasteiger partial charge >= 0.3 is 0 Å². The van der Waals surface area contributed by atoms with Gasteiger partial charge in [-0.05, 0) is 49.6 Å². The number of Topliss-reactive ketones (excluding diaryl/α,β-unsaturated/α-hetero) is 1. The van der Waals surface area contributed by atoms with Gasteiger partial charge in [0, 0.05) is 23.6 Å². The first-order chi connectivity index (χ1) is 13.4. The van der Waals surface area contributed by atoms with E-state index in [4.69, 9.17) is 15.7 Å². The van der Waals surface area contributed by atoms with Gasteiger partial charge in [-0.1, -0.05) is 6.07 Å². The molecule has 0 bridgehead atoms. The Morgan fingerprint density at radius 1 is 1.36 bits per heavy atom. The number of rotatable bonds is 4. The van der Waals surface area contributed by atoms with Crippen molar-refractivity contribution >= 4 is 11.8 Å². The zero-order chi connectivity index (χ0) is 19.9. The van der Waals surface area contributed by atoms with E-state index in [1.54, 1.807) is 18.2 Å². The molecule has 0 amide bonds. The van der Waals surface area contributed by atoms with Crippen molar-refractivity contribution < 1.29 is 13.9 Å². The lowest BCUT2D eigenvalue weighted by Crippen LogP contribution is -2.43. The van der Waals surface area contributed by atoms with Gasteiger partial charge in [0.15, 0.2) is 5.78 Å². The monoisotopic (exact) mass is 378 g/mol. The highest BCUT2D eigenvalue weighted by Gasteiger charge is 2.61. The van der Waals surface area contributed by atoms with Crippen molar-refractivity contribution in [2.75, 3.05) is 6.61 Å². The Balaban J connectivity index is 1.65. The van der Waals surface area contributed by atoms with Gasteiger partial charge in [0.25, 0.3) is 6.02 Å². The average Bonchev–Trinajstić information content (AvgIpc) is 3.48.